The highest BCUT2D eigenvalue weighted by atomic mass is 19.1. The minimum absolute atomic E-state index is 0.0118. The number of likely N-dealkylation sites (N-methyl/N-ethyl adjacent to an activating group) is 1. The summed E-state index contributed by atoms with van der Waals surface area (Å²) >= 11 is 0. The quantitative estimate of drug-likeness (QED) is 0.101. The number of fused-ring (bicyclic) bond motifs is 1. The number of aromatic nitrogens is 2. The second-order valence-electron chi connectivity index (χ2n) is 17.8. The predicted molar refractivity (Wildman–Crippen MR) is 224 cm³/mol. The average Bonchev–Trinajstić information content (AvgIpc) is 3.50. The van der Waals surface area contributed by atoms with Crippen LogP contribution in [0.4, 0.5) is 10.2 Å². The molecule has 2 aromatic rings. The number of alkyl halides is 1. The van der Waals surface area contributed by atoms with Crippen molar-refractivity contribution in [2.45, 2.75) is 135 Å². The molecule has 0 saturated carbocycles. The van der Waals surface area contributed by atoms with E-state index in [0.29, 0.717) is 29.3 Å². The fraction of sp³-hybridized carbons (Fsp3) is 0.659. The van der Waals surface area contributed by atoms with Crippen molar-refractivity contribution in [1.82, 2.24) is 14.9 Å². The SMILES string of the molecule is CC[C@@H]1OC(=O)[C@@](C)(F)C(=O)[C@H](C)[C@@H](OC2O[C@H](C)C[C@H](N(C)C)[C@H]2O)[C@](C)(OC)C[C@@H](C)C(=O)[C@H](C)[C@H]2[C@H](/C(N)=N/OCc3cccc(-c4cccc(N)n4)n3)C(=O)O[C@@]21C. The number of hydrogen-bond acceptors (Lipinski definition) is 16. The van der Waals surface area contributed by atoms with Crippen LogP contribution in [-0.4, -0.2) is 124 Å². The van der Waals surface area contributed by atoms with Crippen molar-refractivity contribution < 1.29 is 57.2 Å². The number of oxime groups is 1. The zero-order valence-electron chi connectivity index (χ0n) is 37.5. The lowest BCUT2D eigenvalue weighted by atomic mass is 9.67. The number of carbonyl (C=O) groups excluding carboxylic acids is 4. The van der Waals surface area contributed by atoms with E-state index in [1.807, 2.05) is 11.8 Å². The van der Waals surface area contributed by atoms with E-state index in [1.54, 1.807) is 78.2 Å². The standard InChI is InChI=1S/C44H63FN6O11/c1-12-30-44(8)33(32(39(55)62-44)38(47)50-58-21-26-15-13-16-27(48-26)28-17-14-18-31(46)49-28)24(4)34(52)22(2)20-42(6,57-11)37(25(5)36(54)43(7,45)41(56)60-30)61-40-35(53)29(51(9)10)19-23(3)59-40/h13-18,22-25,29-30,32-33,35,37,40,53H,12,19-21H2,1-11H3,(H2,46,49)(H2,47,50)/t22-,23-,24-,25+,29+,30+,32-,33+,35-,37-,40?,42-,43+,44-/m1/s1. The molecule has 3 saturated heterocycles. The van der Waals surface area contributed by atoms with Gasteiger partial charge in [0.15, 0.2) is 30.1 Å². The third kappa shape index (κ3) is 9.63. The Morgan fingerprint density at radius 1 is 1.02 bits per heavy atom. The van der Waals surface area contributed by atoms with Crippen LogP contribution in [0.5, 0.6) is 0 Å². The molecule has 5 heterocycles. The molecule has 14 atom stereocenters. The summed E-state index contributed by atoms with van der Waals surface area (Å²) < 4.78 is 47.4. The van der Waals surface area contributed by atoms with Crippen molar-refractivity contribution in [1.29, 1.82) is 0 Å². The number of Topliss-reactive ketones (excluding diaryl/α,β-unsaturated/α-hetero) is 2. The van der Waals surface area contributed by atoms with Gasteiger partial charge in [-0.05, 0) is 85.3 Å². The van der Waals surface area contributed by atoms with Crippen LogP contribution in [0.25, 0.3) is 11.4 Å². The van der Waals surface area contributed by atoms with E-state index in [4.69, 9.17) is 40.0 Å². The van der Waals surface area contributed by atoms with Crippen LogP contribution in [0.2, 0.25) is 0 Å². The summed E-state index contributed by atoms with van der Waals surface area (Å²) in [5, 5.41) is 15.5. The van der Waals surface area contributed by atoms with E-state index >= 15 is 4.39 Å². The molecule has 18 heteroatoms. The first-order chi connectivity index (χ1) is 29.0. The van der Waals surface area contributed by atoms with Crippen LogP contribution in [-0.2, 0) is 54.3 Å². The van der Waals surface area contributed by atoms with E-state index in [1.165, 1.54) is 21.0 Å². The number of halogens is 1. The number of carbonyl (C=O) groups is 4. The highest BCUT2D eigenvalue weighted by Gasteiger charge is 2.63. The summed E-state index contributed by atoms with van der Waals surface area (Å²) in [6.07, 6.45) is -5.19. The van der Waals surface area contributed by atoms with Gasteiger partial charge in [-0.25, -0.2) is 19.2 Å². The van der Waals surface area contributed by atoms with Crippen LogP contribution in [0.1, 0.15) is 80.3 Å². The lowest BCUT2D eigenvalue weighted by Gasteiger charge is -2.47. The molecule has 0 bridgehead atoms. The third-order valence-electron chi connectivity index (χ3n) is 12.9. The summed E-state index contributed by atoms with van der Waals surface area (Å²) in [5.74, 6) is -9.75. The maximum Gasteiger partial charge on any atom is 0.351 e. The van der Waals surface area contributed by atoms with Gasteiger partial charge in [0.2, 0.25) is 0 Å². The van der Waals surface area contributed by atoms with Crippen molar-refractivity contribution >= 4 is 35.2 Å². The van der Waals surface area contributed by atoms with Crippen molar-refractivity contribution in [3.63, 3.8) is 0 Å². The molecule has 5 rings (SSSR count). The van der Waals surface area contributed by atoms with Crippen molar-refractivity contribution in [3.05, 3.63) is 42.1 Å². The highest BCUT2D eigenvalue weighted by Crippen LogP contribution is 2.48. The molecule has 1 unspecified atom stereocenters. The maximum absolute atomic E-state index is 16.9. The van der Waals surface area contributed by atoms with Crippen LogP contribution < -0.4 is 11.5 Å². The molecule has 0 aromatic carbocycles. The fourth-order valence-corrected chi connectivity index (χ4v) is 9.47. The maximum atomic E-state index is 16.9. The Kier molecular flexibility index (Phi) is 14.8. The van der Waals surface area contributed by atoms with Gasteiger partial charge in [0.05, 0.1) is 34.9 Å². The van der Waals surface area contributed by atoms with Crippen molar-refractivity contribution in [2.24, 2.45) is 40.5 Å². The van der Waals surface area contributed by atoms with Gasteiger partial charge in [-0.3, -0.25) is 14.4 Å². The molecular formula is C44H63FN6O11. The zero-order valence-corrected chi connectivity index (χ0v) is 37.5. The number of esters is 2. The molecular weight excluding hydrogens is 808 g/mol. The number of aliphatic hydroxyl groups excluding tert-OH is 1. The van der Waals surface area contributed by atoms with Gasteiger partial charge in [-0.15, -0.1) is 0 Å². The second-order valence-corrected chi connectivity index (χ2v) is 17.8. The molecule has 0 spiro atoms. The number of hydrogen-bond donors (Lipinski definition) is 3. The van der Waals surface area contributed by atoms with Crippen molar-refractivity contribution in [3.8, 4) is 11.4 Å². The third-order valence-corrected chi connectivity index (χ3v) is 12.9. The fourth-order valence-electron chi connectivity index (χ4n) is 9.47. The number of nitrogens with two attached hydrogens (primary N) is 2. The Balaban J connectivity index is 1.52. The van der Waals surface area contributed by atoms with Gasteiger partial charge in [0, 0.05) is 36.8 Å². The van der Waals surface area contributed by atoms with Gasteiger partial charge in [-0.1, -0.05) is 45.0 Å². The average molecular weight is 871 g/mol. The van der Waals surface area contributed by atoms with E-state index in [2.05, 4.69) is 15.1 Å². The Hall–Kier alpha value is -4.62. The molecule has 0 radical (unpaired) electrons. The molecule has 3 aliphatic rings. The molecule has 0 aliphatic carbocycles. The number of methoxy groups -OCH3 is 1. The van der Waals surface area contributed by atoms with E-state index < -0.39 is 94.8 Å². The largest absolute Gasteiger partial charge is 0.455 e. The summed E-state index contributed by atoms with van der Waals surface area (Å²) in [7, 11) is 4.97. The number of cyclic esters (lactones) is 1. The first-order valence-corrected chi connectivity index (χ1v) is 21.1. The lowest BCUT2D eigenvalue weighted by molar-refractivity contribution is -0.295. The summed E-state index contributed by atoms with van der Waals surface area (Å²) in [4.78, 5) is 73.3. The summed E-state index contributed by atoms with van der Waals surface area (Å²) in [6, 6.07) is 9.97. The van der Waals surface area contributed by atoms with Gasteiger partial charge in [-0.2, -0.15) is 0 Å². The number of rotatable bonds is 10. The van der Waals surface area contributed by atoms with Crippen molar-refractivity contribution in [2.75, 3.05) is 26.9 Å². The molecule has 3 aliphatic heterocycles. The number of aliphatic hydroxyl groups is 1. The minimum atomic E-state index is -3.25. The number of ether oxygens (including phenoxy) is 5. The summed E-state index contributed by atoms with van der Waals surface area (Å²) in [5.41, 5.74) is 7.38. The minimum Gasteiger partial charge on any atom is -0.455 e. The van der Waals surface area contributed by atoms with Crippen LogP contribution >= 0.6 is 0 Å². The van der Waals surface area contributed by atoms with E-state index in [9.17, 15) is 24.3 Å². The Labute approximate surface area is 362 Å². The molecule has 342 valence electrons. The van der Waals surface area contributed by atoms with Crippen LogP contribution in [0.3, 0.4) is 0 Å². The normalized spacial score (nSPS) is 37.6. The van der Waals surface area contributed by atoms with Gasteiger partial charge in [0.1, 0.15) is 29.7 Å². The second kappa shape index (κ2) is 19.0. The molecule has 5 N–H and O–H groups in total. The monoisotopic (exact) mass is 870 g/mol. The van der Waals surface area contributed by atoms with Crippen LogP contribution in [0, 0.1) is 29.6 Å². The predicted octanol–water partition coefficient (Wildman–Crippen LogP) is 3.78. The van der Waals surface area contributed by atoms with Gasteiger partial charge in [0.25, 0.3) is 5.67 Å². The van der Waals surface area contributed by atoms with Gasteiger partial charge >= 0.3 is 11.9 Å². The van der Waals surface area contributed by atoms with E-state index in [0.717, 1.165) is 6.92 Å². The molecule has 62 heavy (non-hydrogen) atoms. The first kappa shape index (κ1) is 48.4. The first-order valence-electron chi connectivity index (χ1n) is 21.1. The smallest absolute Gasteiger partial charge is 0.351 e. The highest BCUT2D eigenvalue weighted by molar-refractivity contribution is 6.08. The Morgan fingerprint density at radius 3 is 2.27 bits per heavy atom. The molecule has 0 amide bonds. The number of amidine groups is 1. The number of nitrogens with zero attached hydrogens (tertiary/aromatic N) is 4. The molecule has 3 fully saturated rings. The number of nitrogen functional groups attached to an aromatic ring is 1. The number of anilines is 1. The lowest BCUT2D eigenvalue weighted by Crippen LogP contribution is -2.61. The Morgan fingerprint density at radius 2 is 1.66 bits per heavy atom. The van der Waals surface area contributed by atoms with Gasteiger partial charge < -0.3 is 50.0 Å². The molecule has 17 nitrogen and oxygen atoms in total. The number of ketones is 2. The summed E-state index contributed by atoms with van der Waals surface area (Å²) in [6.45, 7) is 11.9. The van der Waals surface area contributed by atoms with Crippen LogP contribution in [0.15, 0.2) is 41.6 Å². The number of pyridine rings is 2. The Bertz CT molecular complexity index is 2000. The van der Waals surface area contributed by atoms with E-state index in [-0.39, 0.29) is 37.2 Å². The zero-order chi connectivity index (χ0) is 46.1. The topological polar surface area (TPSA) is 237 Å². The molecule has 2 aromatic heterocycles.